The van der Waals surface area contributed by atoms with Crippen LogP contribution in [-0.4, -0.2) is 40.7 Å². The standard InChI is InChI=1S/C18H22F2N4O2/c1-12-22-16(23-26-12)10-13-4-3-9-24(11-13)18(25)21-8-7-14-5-2-6-15(19)17(14)20/h2,5-6,13H,3-4,7-11H2,1H3,(H,21,25). The van der Waals surface area contributed by atoms with Gasteiger partial charge in [-0.15, -0.1) is 0 Å². The number of hydrogen-bond donors (Lipinski definition) is 1. The molecule has 1 unspecified atom stereocenters. The van der Waals surface area contributed by atoms with E-state index in [4.69, 9.17) is 4.52 Å². The first-order chi connectivity index (χ1) is 12.5. The minimum absolute atomic E-state index is 0.184. The van der Waals surface area contributed by atoms with Crippen molar-refractivity contribution in [1.29, 1.82) is 0 Å². The molecule has 2 amide bonds. The number of carbonyl (C=O) groups excluding carboxylic acids is 1. The number of benzene rings is 1. The van der Waals surface area contributed by atoms with Crippen LogP contribution in [0.3, 0.4) is 0 Å². The highest BCUT2D eigenvalue weighted by Crippen LogP contribution is 2.20. The predicted octanol–water partition coefficient (Wildman–Crippen LogP) is 2.86. The normalized spacial score (nSPS) is 17.3. The van der Waals surface area contributed by atoms with Crippen LogP contribution in [0.15, 0.2) is 22.7 Å². The zero-order chi connectivity index (χ0) is 18.5. The quantitative estimate of drug-likeness (QED) is 0.886. The third kappa shape index (κ3) is 4.56. The van der Waals surface area contributed by atoms with E-state index < -0.39 is 11.6 Å². The maximum atomic E-state index is 13.6. The van der Waals surface area contributed by atoms with E-state index in [1.807, 2.05) is 0 Å². The van der Waals surface area contributed by atoms with Gasteiger partial charge in [-0.1, -0.05) is 17.3 Å². The van der Waals surface area contributed by atoms with Gasteiger partial charge in [0.1, 0.15) is 0 Å². The number of halogens is 2. The Kier molecular flexibility index (Phi) is 5.80. The fourth-order valence-corrected chi connectivity index (χ4v) is 3.26. The molecular formula is C18H22F2N4O2. The summed E-state index contributed by atoms with van der Waals surface area (Å²) in [6.07, 6.45) is 2.84. The fraction of sp³-hybridized carbons (Fsp3) is 0.500. The average Bonchev–Trinajstić information content (AvgIpc) is 3.03. The molecule has 1 aliphatic rings. The Bertz CT molecular complexity index is 765. The summed E-state index contributed by atoms with van der Waals surface area (Å²) in [5.74, 6) is -0.238. The second-order valence-corrected chi connectivity index (χ2v) is 6.58. The highest BCUT2D eigenvalue weighted by molar-refractivity contribution is 5.74. The van der Waals surface area contributed by atoms with Crippen molar-refractivity contribution < 1.29 is 18.1 Å². The smallest absolute Gasteiger partial charge is 0.317 e. The number of likely N-dealkylation sites (tertiary alicyclic amines) is 1. The molecule has 1 aromatic carbocycles. The zero-order valence-electron chi connectivity index (χ0n) is 14.7. The van der Waals surface area contributed by atoms with E-state index in [1.165, 1.54) is 12.1 Å². The monoisotopic (exact) mass is 364 g/mol. The zero-order valence-corrected chi connectivity index (χ0v) is 14.7. The van der Waals surface area contributed by atoms with Crippen LogP contribution in [0, 0.1) is 24.5 Å². The molecule has 0 spiro atoms. The van der Waals surface area contributed by atoms with Crippen molar-refractivity contribution in [2.75, 3.05) is 19.6 Å². The first-order valence-electron chi connectivity index (χ1n) is 8.78. The van der Waals surface area contributed by atoms with Gasteiger partial charge in [0.25, 0.3) is 0 Å². The number of aryl methyl sites for hydroxylation is 1. The van der Waals surface area contributed by atoms with Crippen molar-refractivity contribution in [3.8, 4) is 0 Å². The van der Waals surface area contributed by atoms with Gasteiger partial charge in [0, 0.05) is 33.0 Å². The molecule has 2 heterocycles. The Hall–Kier alpha value is -2.51. The molecule has 1 aliphatic heterocycles. The number of aromatic nitrogens is 2. The third-order valence-corrected chi connectivity index (χ3v) is 4.55. The summed E-state index contributed by atoms with van der Waals surface area (Å²) in [4.78, 5) is 18.3. The van der Waals surface area contributed by atoms with E-state index in [9.17, 15) is 13.6 Å². The minimum Gasteiger partial charge on any atom is -0.340 e. The molecule has 1 atom stereocenters. The van der Waals surface area contributed by atoms with Crippen molar-refractivity contribution in [2.24, 2.45) is 5.92 Å². The number of nitrogens with zero attached hydrogens (tertiary/aromatic N) is 3. The van der Waals surface area contributed by atoms with Crippen LogP contribution < -0.4 is 5.32 Å². The van der Waals surface area contributed by atoms with Crippen LogP contribution in [0.25, 0.3) is 0 Å². The van der Waals surface area contributed by atoms with Crippen LogP contribution >= 0.6 is 0 Å². The van der Waals surface area contributed by atoms with E-state index >= 15 is 0 Å². The number of urea groups is 1. The first-order valence-corrected chi connectivity index (χ1v) is 8.78. The lowest BCUT2D eigenvalue weighted by atomic mass is 9.95. The molecule has 0 bridgehead atoms. The second-order valence-electron chi connectivity index (χ2n) is 6.58. The lowest BCUT2D eigenvalue weighted by Crippen LogP contribution is -2.46. The van der Waals surface area contributed by atoms with Gasteiger partial charge in [-0.05, 0) is 36.8 Å². The highest BCUT2D eigenvalue weighted by Gasteiger charge is 2.25. The summed E-state index contributed by atoms with van der Waals surface area (Å²) in [5.41, 5.74) is 0.259. The number of carbonyl (C=O) groups is 1. The molecule has 0 aliphatic carbocycles. The van der Waals surface area contributed by atoms with E-state index in [2.05, 4.69) is 15.5 Å². The fourth-order valence-electron chi connectivity index (χ4n) is 3.26. The highest BCUT2D eigenvalue weighted by atomic mass is 19.2. The van der Waals surface area contributed by atoms with Crippen LogP contribution in [0.1, 0.15) is 30.1 Å². The molecule has 6 nitrogen and oxygen atoms in total. The number of hydrogen-bond acceptors (Lipinski definition) is 4. The topological polar surface area (TPSA) is 71.3 Å². The van der Waals surface area contributed by atoms with Gasteiger partial charge < -0.3 is 14.7 Å². The summed E-state index contributed by atoms with van der Waals surface area (Å²) in [6, 6.07) is 3.88. The Morgan fingerprint density at radius 2 is 2.27 bits per heavy atom. The molecular weight excluding hydrogens is 342 g/mol. The first kappa shape index (κ1) is 18.3. The molecule has 0 radical (unpaired) electrons. The molecule has 3 rings (SSSR count). The van der Waals surface area contributed by atoms with Crippen molar-refractivity contribution >= 4 is 6.03 Å². The maximum absolute atomic E-state index is 13.6. The Balaban J connectivity index is 1.47. The van der Waals surface area contributed by atoms with E-state index in [-0.39, 0.29) is 30.5 Å². The number of rotatable bonds is 5. The van der Waals surface area contributed by atoms with E-state index in [1.54, 1.807) is 11.8 Å². The van der Waals surface area contributed by atoms with Gasteiger partial charge in [-0.25, -0.2) is 13.6 Å². The number of nitrogens with one attached hydrogen (secondary N) is 1. The number of piperidine rings is 1. The lowest BCUT2D eigenvalue weighted by Gasteiger charge is -2.32. The van der Waals surface area contributed by atoms with Gasteiger partial charge >= 0.3 is 6.03 Å². The summed E-state index contributed by atoms with van der Waals surface area (Å²) >= 11 is 0. The average molecular weight is 364 g/mol. The molecule has 2 aromatic rings. The summed E-state index contributed by atoms with van der Waals surface area (Å²) in [6.45, 7) is 3.30. The van der Waals surface area contributed by atoms with Gasteiger partial charge in [0.2, 0.25) is 5.89 Å². The SMILES string of the molecule is Cc1nc(CC2CCCN(C(=O)NCCc3cccc(F)c3F)C2)no1. The molecule has 1 saturated heterocycles. The molecule has 26 heavy (non-hydrogen) atoms. The van der Waals surface area contributed by atoms with Gasteiger partial charge in [0.15, 0.2) is 17.5 Å². The van der Waals surface area contributed by atoms with Crippen LogP contribution in [-0.2, 0) is 12.8 Å². The number of amides is 2. The Morgan fingerprint density at radius 3 is 3.04 bits per heavy atom. The molecule has 140 valence electrons. The van der Waals surface area contributed by atoms with E-state index in [0.29, 0.717) is 31.2 Å². The maximum Gasteiger partial charge on any atom is 0.317 e. The van der Waals surface area contributed by atoms with Crippen molar-refractivity contribution in [1.82, 2.24) is 20.4 Å². The van der Waals surface area contributed by atoms with Crippen LogP contribution in [0.2, 0.25) is 0 Å². The minimum atomic E-state index is -0.871. The summed E-state index contributed by atoms with van der Waals surface area (Å²) in [5, 5.41) is 6.69. The molecule has 1 aromatic heterocycles. The largest absolute Gasteiger partial charge is 0.340 e. The van der Waals surface area contributed by atoms with Crippen molar-refractivity contribution in [2.45, 2.75) is 32.6 Å². The van der Waals surface area contributed by atoms with Gasteiger partial charge in [-0.3, -0.25) is 0 Å². The van der Waals surface area contributed by atoms with Crippen LogP contribution in [0.4, 0.5) is 13.6 Å². The van der Waals surface area contributed by atoms with Crippen molar-refractivity contribution in [3.05, 3.63) is 47.1 Å². The summed E-state index contributed by atoms with van der Waals surface area (Å²) in [7, 11) is 0. The van der Waals surface area contributed by atoms with Crippen molar-refractivity contribution in [3.63, 3.8) is 0 Å². The van der Waals surface area contributed by atoms with E-state index in [0.717, 1.165) is 18.9 Å². The molecule has 0 saturated carbocycles. The molecule has 1 N–H and O–H groups in total. The summed E-state index contributed by atoms with van der Waals surface area (Å²) < 4.78 is 31.8. The Labute approximate surface area is 150 Å². The lowest BCUT2D eigenvalue weighted by molar-refractivity contribution is 0.164. The Morgan fingerprint density at radius 1 is 1.42 bits per heavy atom. The van der Waals surface area contributed by atoms with Crippen LogP contribution in [0.5, 0.6) is 0 Å². The third-order valence-electron chi connectivity index (χ3n) is 4.55. The molecule has 8 heteroatoms. The second kappa shape index (κ2) is 8.25. The van der Waals surface area contributed by atoms with Gasteiger partial charge in [0.05, 0.1) is 0 Å². The molecule has 1 fully saturated rings. The predicted molar refractivity (Wildman–Crippen MR) is 90.5 cm³/mol. The van der Waals surface area contributed by atoms with Gasteiger partial charge in [-0.2, -0.15) is 4.98 Å².